The van der Waals surface area contributed by atoms with Crippen LogP contribution in [0.25, 0.3) is 0 Å². The first-order chi connectivity index (χ1) is 11.9. The third-order valence-corrected chi connectivity index (χ3v) is 4.56. The van der Waals surface area contributed by atoms with Crippen molar-refractivity contribution in [3.63, 3.8) is 0 Å². The molecule has 1 aromatic heterocycles. The van der Waals surface area contributed by atoms with E-state index in [4.69, 9.17) is 4.42 Å². The van der Waals surface area contributed by atoms with Crippen LogP contribution < -0.4 is 10.6 Å². The third kappa shape index (κ3) is 6.69. The highest BCUT2D eigenvalue weighted by Crippen LogP contribution is 2.22. The molecule has 25 heavy (non-hydrogen) atoms. The Kier molecular flexibility index (Phi) is 7.29. The fourth-order valence-corrected chi connectivity index (χ4v) is 3.04. The molecule has 0 amide bonds. The van der Waals surface area contributed by atoms with Crippen molar-refractivity contribution in [1.29, 1.82) is 0 Å². The van der Waals surface area contributed by atoms with Gasteiger partial charge in [0.1, 0.15) is 5.76 Å². The summed E-state index contributed by atoms with van der Waals surface area (Å²) in [5.41, 5.74) is -0.0188. The molecule has 1 aliphatic heterocycles. The zero-order chi connectivity index (χ0) is 18.3. The number of aromatic nitrogens is 1. The number of rotatable bonds is 6. The molecule has 1 aromatic rings. The van der Waals surface area contributed by atoms with E-state index < -0.39 is 0 Å². The molecule has 0 saturated carbocycles. The predicted octanol–water partition coefficient (Wildman–Crippen LogP) is 2.76. The maximum absolute atomic E-state index is 5.81. The van der Waals surface area contributed by atoms with Gasteiger partial charge in [0.25, 0.3) is 0 Å². The molecular weight excluding hydrogens is 314 g/mol. The van der Waals surface area contributed by atoms with Crippen molar-refractivity contribution in [2.45, 2.75) is 58.9 Å². The molecule has 1 atom stereocenters. The molecule has 142 valence electrons. The Morgan fingerprint density at radius 3 is 2.60 bits per heavy atom. The number of guanidine groups is 1. The van der Waals surface area contributed by atoms with Crippen molar-refractivity contribution in [3.8, 4) is 0 Å². The quantitative estimate of drug-likeness (QED) is 0.611. The van der Waals surface area contributed by atoms with E-state index in [0.29, 0.717) is 18.4 Å². The zero-order valence-corrected chi connectivity index (χ0v) is 16.6. The minimum Gasteiger partial charge on any atom is -0.443 e. The maximum Gasteiger partial charge on any atom is 0.213 e. The molecule has 1 fully saturated rings. The summed E-state index contributed by atoms with van der Waals surface area (Å²) in [5.74, 6) is 2.98. The van der Waals surface area contributed by atoms with Gasteiger partial charge in [0.15, 0.2) is 5.96 Å². The number of oxazole rings is 1. The van der Waals surface area contributed by atoms with Crippen molar-refractivity contribution < 1.29 is 4.42 Å². The molecule has 2 rings (SSSR count). The second-order valence-corrected chi connectivity index (χ2v) is 8.14. The van der Waals surface area contributed by atoms with Crippen LogP contribution >= 0.6 is 0 Å². The number of hydrogen-bond donors (Lipinski definition) is 2. The average Bonchev–Trinajstić information content (AvgIpc) is 3.05. The van der Waals surface area contributed by atoms with Crippen molar-refractivity contribution >= 4 is 5.96 Å². The van der Waals surface area contributed by atoms with Gasteiger partial charge >= 0.3 is 0 Å². The highest BCUT2D eigenvalue weighted by atomic mass is 16.4. The van der Waals surface area contributed by atoms with Crippen LogP contribution in [0.15, 0.2) is 15.6 Å². The molecule has 0 bridgehead atoms. The lowest BCUT2D eigenvalue weighted by Gasteiger charge is -2.29. The first kappa shape index (κ1) is 19.8. The van der Waals surface area contributed by atoms with Gasteiger partial charge in [-0.2, -0.15) is 0 Å². The molecule has 0 spiro atoms. The van der Waals surface area contributed by atoms with Crippen LogP contribution in [0.3, 0.4) is 0 Å². The second-order valence-electron chi connectivity index (χ2n) is 8.14. The molecule has 1 aliphatic rings. The van der Waals surface area contributed by atoms with Gasteiger partial charge in [-0.15, -0.1) is 0 Å². The molecule has 1 unspecified atom stereocenters. The van der Waals surface area contributed by atoms with Crippen molar-refractivity contribution in [1.82, 2.24) is 20.5 Å². The summed E-state index contributed by atoms with van der Waals surface area (Å²) in [7, 11) is 1.79. The number of hydrogen-bond acceptors (Lipinski definition) is 4. The summed E-state index contributed by atoms with van der Waals surface area (Å²) in [5, 5.41) is 6.69. The first-order valence-electron chi connectivity index (χ1n) is 9.50. The predicted molar refractivity (Wildman–Crippen MR) is 103 cm³/mol. The lowest BCUT2D eigenvalue weighted by molar-refractivity contribution is 0.201. The molecular formula is C19H35N5O. The standard InChI is InChI=1S/C19H35N5O/c1-15(14-24-9-7-6-8-10-24)11-22-18(20-5)23-13-17-21-12-16(25-17)19(2,3)4/h12,15H,6-11,13-14H2,1-5H3,(H2,20,22,23). The third-order valence-electron chi connectivity index (χ3n) is 4.56. The van der Waals surface area contributed by atoms with Gasteiger partial charge in [-0.25, -0.2) is 4.98 Å². The number of likely N-dealkylation sites (tertiary alicyclic amines) is 1. The molecule has 0 aromatic carbocycles. The van der Waals surface area contributed by atoms with E-state index in [2.05, 4.69) is 53.2 Å². The summed E-state index contributed by atoms with van der Waals surface area (Å²) in [4.78, 5) is 11.2. The second kappa shape index (κ2) is 9.22. The van der Waals surface area contributed by atoms with E-state index in [1.807, 2.05) is 6.20 Å². The van der Waals surface area contributed by atoms with E-state index in [9.17, 15) is 0 Å². The highest BCUT2D eigenvalue weighted by molar-refractivity contribution is 5.79. The van der Waals surface area contributed by atoms with Gasteiger partial charge < -0.3 is 20.0 Å². The van der Waals surface area contributed by atoms with Gasteiger partial charge in [0.2, 0.25) is 5.89 Å². The Labute approximate surface area is 152 Å². The SMILES string of the molecule is CN=C(NCc1ncc(C(C)(C)C)o1)NCC(C)CN1CCCCC1. The number of piperidine rings is 1. The van der Waals surface area contributed by atoms with Gasteiger partial charge in [-0.1, -0.05) is 34.1 Å². The largest absolute Gasteiger partial charge is 0.443 e. The fourth-order valence-electron chi connectivity index (χ4n) is 3.04. The van der Waals surface area contributed by atoms with Gasteiger partial charge in [0.05, 0.1) is 12.7 Å². The Morgan fingerprint density at radius 1 is 1.28 bits per heavy atom. The smallest absolute Gasteiger partial charge is 0.213 e. The Balaban J connectivity index is 1.72. The van der Waals surface area contributed by atoms with E-state index in [-0.39, 0.29) is 5.41 Å². The van der Waals surface area contributed by atoms with Crippen molar-refractivity contribution in [2.75, 3.05) is 33.2 Å². The van der Waals surface area contributed by atoms with Crippen LogP contribution in [0.5, 0.6) is 0 Å². The Hall–Kier alpha value is -1.56. The zero-order valence-electron chi connectivity index (χ0n) is 16.6. The number of nitrogens with one attached hydrogen (secondary N) is 2. The summed E-state index contributed by atoms with van der Waals surface area (Å²) < 4.78 is 5.81. The van der Waals surface area contributed by atoms with Gasteiger partial charge in [-0.3, -0.25) is 4.99 Å². The van der Waals surface area contributed by atoms with E-state index in [1.165, 1.54) is 32.4 Å². The molecule has 0 aliphatic carbocycles. The highest BCUT2D eigenvalue weighted by Gasteiger charge is 2.19. The maximum atomic E-state index is 5.81. The van der Waals surface area contributed by atoms with Crippen LogP contribution in [-0.2, 0) is 12.0 Å². The normalized spacial score (nSPS) is 18.2. The van der Waals surface area contributed by atoms with Crippen LogP contribution in [0, 0.1) is 5.92 Å². The molecule has 1 saturated heterocycles. The van der Waals surface area contributed by atoms with Crippen LogP contribution in [0.1, 0.15) is 58.6 Å². The average molecular weight is 350 g/mol. The Morgan fingerprint density at radius 2 is 2.00 bits per heavy atom. The van der Waals surface area contributed by atoms with E-state index >= 15 is 0 Å². The lowest BCUT2D eigenvalue weighted by atomic mass is 9.94. The van der Waals surface area contributed by atoms with Gasteiger partial charge in [0, 0.05) is 25.6 Å². The van der Waals surface area contributed by atoms with E-state index in [1.54, 1.807) is 7.05 Å². The first-order valence-corrected chi connectivity index (χ1v) is 9.50. The molecule has 6 nitrogen and oxygen atoms in total. The van der Waals surface area contributed by atoms with Crippen molar-refractivity contribution in [2.24, 2.45) is 10.9 Å². The minimum atomic E-state index is -0.0188. The summed E-state index contributed by atoms with van der Waals surface area (Å²) in [6.07, 6.45) is 5.89. The summed E-state index contributed by atoms with van der Waals surface area (Å²) in [6, 6.07) is 0. The van der Waals surface area contributed by atoms with Gasteiger partial charge in [-0.05, 0) is 31.8 Å². The molecule has 6 heteroatoms. The lowest BCUT2D eigenvalue weighted by Crippen LogP contribution is -2.42. The Bertz CT molecular complexity index is 540. The topological polar surface area (TPSA) is 65.7 Å². The minimum absolute atomic E-state index is 0.0188. The van der Waals surface area contributed by atoms with Crippen LogP contribution in [0.2, 0.25) is 0 Å². The summed E-state index contributed by atoms with van der Waals surface area (Å²) >= 11 is 0. The van der Waals surface area contributed by atoms with Crippen molar-refractivity contribution in [3.05, 3.63) is 17.8 Å². The summed E-state index contributed by atoms with van der Waals surface area (Å²) in [6.45, 7) is 13.7. The molecule has 2 heterocycles. The number of nitrogens with zero attached hydrogens (tertiary/aromatic N) is 3. The van der Waals surface area contributed by atoms with Crippen LogP contribution in [-0.4, -0.2) is 49.1 Å². The monoisotopic (exact) mass is 349 g/mol. The van der Waals surface area contributed by atoms with Crippen LogP contribution in [0.4, 0.5) is 0 Å². The van der Waals surface area contributed by atoms with E-state index in [0.717, 1.165) is 24.8 Å². The fraction of sp³-hybridized carbons (Fsp3) is 0.789. The molecule has 2 N–H and O–H groups in total. The molecule has 0 radical (unpaired) electrons. The number of aliphatic imine (C=N–C) groups is 1.